The number of rotatable bonds is 5. The number of nitrogen functional groups attached to an aromatic ring is 2. The Kier molecular flexibility index (Phi) is 6.00. The third-order valence-corrected chi connectivity index (χ3v) is 5.26. The Hall–Kier alpha value is -3.94. The van der Waals surface area contributed by atoms with Gasteiger partial charge in [0, 0.05) is 18.0 Å². The fourth-order valence-electron chi connectivity index (χ4n) is 3.36. The Morgan fingerprint density at radius 2 is 1.94 bits per heavy atom. The fraction of sp³-hybridized carbons (Fsp3) is 0.0952. The SMILES string of the molecule is N#Cc1c(N)nc(N)nc1NCCc1nc2cccc(Cl)c2c(=O)n1-c1cc(F)cc(Cl)c1. The standard InChI is InChI=1S/C21H15Cl2FN8O/c22-10-6-11(24)8-12(7-10)32-16(29-15-3-1-2-14(23)17(15)20(32)33)4-5-28-19-13(9-25)18(26)30-21(27)31-19/h1-3,6-8H,4-5H2,(H5,26,27,28,30,31). The molecule has 0 unspecified atom stereocenters. The second-order valence-electron chi connectivity index (χ2n) is 6.91. The number of hydrogen-bond acceptors (Lipinski definition) is 8. The van der Waals surface area contributed by atoms with Gasteiger partial charge in [-0.25, -0.2) is 9.37 Å². The van der Waals surface area contributed by atoms with Crippen LogP contribution in [-0.2, 0) is 6.42 Å². The highest BCUT2D eigenvalue weighted by atomic mass is 35.5. The van der Waals surface area contributed by atoms with E-state index in [1.54, 1.807) is 18.2 Å². The van der Waals surface area contributed by atoms with Crippen molar-refractivity contribution < 1.29 is 4.39 Å². The summed E-state index contributed by atoms with van der Waals surface area (Å²) in [5.41, 5.74) is 11.5. The molecule has 33 heavy (non-hydrogen) atoms. The molecule has 9 nitrogen and oxygen atoms in total. The maximum absolute atomic E-state index is 14.1. The quantitative estimate of drug-likeness (QED) is 0.390. The van der Waals surface area contributed by atoms with Crippen LogP contribution in [0.15, 0.2) is 41.2 Å². The van der Waals surface area contributed by atoms with Crippen molar-refractivity contribution in [2.45, 2.75) is 6.42 Å². The largest absolute Gasteiger partial charge is 0.382 e. The van der Waals surface area contributed by atoms with Crippen LogP contribution in [0.25, 0.3) is 16.6 Å². The molecule has 0 aliphatic rings. The number of benzene rings is 2. The predicted molar refractivity (Wildman–Crippen MR) is 125 cm³/mol. The molecule has 166 valence electrons. The molecule has 0 aliphatic heterocycles. The molecule has 0 fully saturated rings. The molecule has 12 heteroatoms. The fourth-order valence-corrected chi connectivity index (χ4v) is 3.83. The number of nitrogens with two attached hydrogens (primary N) is 2. The van der Waals surface area contributed by atoms with Crippen LogP contribution in [-0.4, -0.2) is 26.1 Å². The van der Waals surface area contributed by atoms with Gasteiger partial charge >= 0.3 is 0 Å². The maximum atomic E-state index is 14.1. The molecule has 4 rings (SSSR count). The van der Waals surface area contributed by atoms with Gasteiger partial charge in [-0.15, -0.1) is 0 Å². The Bertz CT molecular complexity index is 1480. The molecular weight excluding hydrogens is 470 g/mol. The van der Waals surface area contributed by atoms with Crippen LogP contribution in [0.4, 0.5) is 22.0 Å². The zero-order valence-electron chi connectivity index (χ0n) is 16.8. The minimum Gasteiger partial charge on any atom is -0.382 e. The summed E-state index contributed by atoms with van der Waals surface area (Å²) in [6.07, 6.45) is 0.181. The summed E-state index contributed by atoms with van der Waals surface area (Å²) < 4.78 is 15.3. The number of fused-ring (bicyclic) bond motifs is 1. The van der Waals surface area contributed by atoms with Crippen LogP contribution >= 0.6 is 23.2 Å². The van der Waals surface area contributed by atoms with Gasteiger partial charge in [0.15, 0.2) is 5.82 Å². The topological polar surface area (TPSA) is 149 Å². The number of nitrogens with zero attached hydrogens (tertiary/aromatic N) is 5. The molecule has 0 saturated heterocycles. The molecular formula is C21H15Cl2FN8O. The van der Waals surface area contributed by atoms with E-state index in [2.05, 4.69) is 20.3 Å². The minimum absolute atomic E-state index is 0.0387. The minimum atomic E-state index is -0.613. The van der Waals surface area contributed by atoms with E-state index in [1.807, 2.05) is 6.07 Å². The number of aromatic nitrogens is 4. The number of nitrogens with one attached hydrogen (secondary N) is 1. The summed E-state index contributed by atoms with van der Waals surface area (Å²) in [6, 6.07) is 10.6. The Morgan fingerprint density at radius 3 is 2.67 bits per heavy atom. The molecule has 4 aromatic rings. The first-order chi connectivity index (χ1) is 15.8. The van der Waals surface area contributed by atoms with Gasteiger partial charge in [-0.05, 0) is 30.3 Å². The van der Waals surface area contributed by atoms with E-state index in [9.17, 15) is 14.4 Å². The summed E-state index contributed by atoms with van der Waals surface area (Å²) >= 11 is 12.3. The van der Waals surface area contributed by atoms with E-state index < -0.39 is 11.4 Å². The predicted octanol–water partition coefficient (Wildman–Crippen LogP) is 3.31. The highest BCUT2D eigenvalue weighted by Crippen LogP contribution is 2.23. The van der Waals surface area contributed by atoms with Crippen LogP contribution in [0.1, 0.15) is 11.4 Å². The smallest absolute Gasteiger partial charge is 0.267 e. The van der Waals surface area contributed by atoms with Crippen molar-refractivity contribution in [2.24, 2.45) is 0 Å². The average Bonchev–Trinajstić information content (AvgIpc) is 2.72. The third kappa shape index (κ3) is 4.37. The summed E-state index contributed by atoms with van der Waals surface area (Å²) in [6.45, 7) is 0.187. The highest BCUT2D eigenvalue weighted by molar-refractivity contribution is 6.35. The van der Waals surface area contributed by atoms with Crippen LogP contribution in [0, 0.1) is 17.1 Å². The molecule has 0 spiro atoms. The first kappa shape index (κ1) is 22.3. The molecule has 0 saturated carbocycles. The van der Waals surface area contributed by atoms with Crippen LogP contribution in [0.3, 0.4) is 0 Å². The van der Waals surface area contributed by atoms with Crippen LogP contribution in [0.2, 0.25) is 10.0 Å². The van der Waals surface area contributed by atoms with Crippen LogP contribution < -0.4 is 22.3 Å². The molecule has 2 heterocycles. The molecule has 0 atom stereocenters. The van der Waals surface area contributed by atoms with Gasteiger partial charge in [-0.3, -0.25) is 9.36 Å². The lowest BCUT2D eigenvalue weighted by molar-refractivity contribution is 0.625. The molecule has 2 aromatic heterocycles. The summed E-state index contributed by atoms with van der Waals surface area (Å²) in [5, 5.41) is 12.8. The summed E-state index contributed by atoms with van der Waals surface area (Å²) in [4.78, 5) is 25.7. The third-order valence-electron chi connectivity index (χ3n) is 4.73. The molecule has 0 aliphatic carbocycles. The second kappa shape index (κ2) is 8.90. The second-order valence-corrected chi connectivity index (χ2v) is 7.75. The molecule has 0 radical (unpaired) electrons. The zero-order valence-corrected chi connectivity index (χ0v) is 18.3. The van der Waals surface area contributed by atoms with Crippen molar-refractivity contribution in [1.82, 2.24) is 19.5 Å². The highest BCUT2D eigenvalue weighted by Gasteiger charge is 2.17. The molecule has 0 amide bonds. The molecule has 0 bridgehead atoms. The van der Waals surface area contributed by atoms with Crippen LogP contribution in [0.5, 0.6) is 0 Å². The van der Waals surface area contributed by atoms with Gasteiger partial charge in [0.05, 0.1) is 21.6 Å². The lowest BCUT2D eigenvalue weighted by Crippen LogP contribution is -2.26. The van der Waals surface area contributed by atoms with E-state index in [4.69, 9.17) is 34.7 Å². The van der Waals surface area contributed by atoms with E-state index in [0.29, 0.717) is 11.3 Å². The normalized spacial score (nSPS) is 10.8. The Morgan fingerprint density at radius 1 is 1.15 bits per heavy atom. The molecule has 2 aromatic carbocycles. The zero-order chi connectivity index (χ0) is 23.7. The number of anilines is 3. The maximum Gasteiger partial charge on any atom is 0.267 e. The van der Waals surface area contributed by atoms with Crippen molar-refractivity contribution in [3.8, 4) is 11.8 Å². The number of nitriles is 1. The number of halogens is 3. The Balaban J connectivity index is 1.79. The number of hydrogen-bond donors (Lipinski definition) is 3. The Labute approximate surface area is 196 Å². The first-order valence-corrected chi connectivity index (χ1v) is 10.3. The molecule has 5 N–H and O–H groups in total. The van der Waals surface area contributed by atoms with Gasteiger partial charge in [0.2, 0.25) is 5.95 Å². The van der Waals surface area contributed by atoms with Crippen molar-refractivity contribution in [2.75, 3.05) is 23.3 Å². The summed E-state index contributed by atoms with van der Waals surface area (Å²) in [7, 11) is 0. The van der Waals surface area contributed by atoms with E-state index >= 15 is 0 Å². The van der Waals surface area contributed by atoms with Gasteiger partial charge in [0.1, 0.15) is 29.1 Å². The van der Waals surface area contributed by atoms with Crippen molar-refractivity contribution >= 4 is 51.7 Å². The van der Waals surface area contributed by atoms with Crippen molar-refractivity contribution in [3.05, 3.63) is 74.0 Å². The summed E-state index contributed by atoms with van der Waals surface area (Å²) in [5.74, 6) is -0.319. The van der Waals surface area contributed by atoms with Gasteiger partial charge < -0.3 is 16.8 Å². The van der Waals surface area contributed by atoms with Gasteiger partial charge in [-0.1, -0.05) is 29.3 Å². The van der Waals surface area contributed by atoms with E-state index in [-0.39, 0.29) is 57.2 Å². The lowest BCUT2D eigenvalue weighted by atomic mass is 10.2. The van der Waals surface area contributed by atoms with Gasteiger partial charge in [0.25, 0.3) is 5.56 Å². The lowest BCUT2D eigenvalue weighted by Gasteiger charge is -2.15. The average molecular weight is 485 g/mol. The van der Waals surface area contributed by atoms with Crippen molar-refractivity contribution in [3.63, 3.8) is 0 Å². The van der Waals surface area contributed by atoms with Gasteiger partial charge in [-0.2, -0.15) is 15.2 Å². The van der Waals surface area contributed by atoms with E-state index in [0.717, 1.165) is 6.07 Å². The van der Waals surface area contributed by atoms with E-state index in [1.165, 1.54) is 16.7 Å². The first-order valence-electron chi connectivity index (χ1n) is 9.52. The van der Waals surface area contributed by atoms with Crippen molar-refractivity contribution in [1.29, 1.82) is 5.26 Å². The monoisotopic (exact) mass is 484 g/mol.